The topological polar surface area (TPSA) is 88.0 Å². The third-order valence-electron chi connectivity index (χ3n) is 3.04. The van der Waals surface area contributed by atoms with Gasteiger partial charge in [0.2, 0.25) is 0 Å². The van der Waals surface area contributed by atoms with E-state index in [1.165, 1.54) is 12.5 Å². The van der Waals surface area contributed by atoms with Crippen LogP contribution in [0.3, 0.4) is 0 Å². The summed E-state index contributed by atoms with van der Waals surface area (Å²) in [5.74, 6) is 0.218. The maximum atomic E-state index is 12.0. The van der Waals surface area contributed by atoms with E-state index in [1.54, 1.807) is 37.3 Å². The third kappa shape index (κ3) is 2.38. The molecular formula is C15H12N2O4. The van der Waals surface area contributed by atoms with Gasteiger partial charge in [-0.05, 0) is 31.2 Å². The van der Waals surface area contributed by atoms with E-state index >= 15 is 0 Å². The molecule has 0 bridgehead atoms. The lowest BCUT2D eigenvalue weighted by Gasteiger charge is -1.96. The number of aryl methyl sites for hydroxylation is 1. The number of amides is 1. The number of hydrogen-bond donors (Lipinski definition) is 2. The highest BCUT2D eigenvalue weighted by Crippen LogP contribution is 2.32. The molecular weight excluding hydrogens is 272 g/mol. The number of rotatable bonds is 3. The Balaban J connectivity index is 1.85. The predicted octanol–water partition coefficient (Wildman–Crippen LogP) is 2.80. The average molecular weight is 284 g/mol. The van der Waals surface area contributed by atoms with Crippen molar-refractivity contribution >= 4 is 23.1 Å². The van der Waals surface area contributed by atoms with E-state index in [0.717, 1.165) is 0 Å². The second-order valence-electron chi connectivity index (χ2n) is 4.42. The molecule has 1 amide bonds. The summed E-state index contributed by atoms with van der Waals surface area (Å²) in [6, 6.07) is 8.30. The lowest BCUT2D eigenvalue weighted by molar-refractivity contribution is 0.0929. The maximum absolute atomic E-state index is 12.0. The van der Waals surface area contributed by atoms with Crippen LogP contribution in [0.4, 0.5) is 0 Å². The zero-order chi connectivity index (χ0) is 14.8. The Morgan fingerprint density at radius 2 is 2.19 bits per heavy atom. The van der Waals surface area contributed by atoms with Gasteiger partial charge in [0.15, 0.2) is 5.76 Å². The van der Waals surface area contributed by atoms with Crippen LogP contribution in [0.1, 0.15) is 21.9 Å². The van der Waals surface area contributed by atoms with Gasteiger partial charge in [-0.15, -0.1) is 0 Å². The monoisotopic (exact) mass is 284 g/mol. The van der Waals surface area contributed by atoms with Crippen LogP contribution in [0.15, 0.2) is 50.5 Å². The Hall–Kier alpha value is -3.02. The van der Waals surface area contributed by atoms with E-state index < -0.39 is 5.91 Å². The van der Waals surface area contributed by atoms with Crippen LogP contribution < -0.4 is 5.43 Å². The molecule has 106 valence electrons. The SMILES string of the molecule is Cc1c(C(=O)NN=Cc2ccco2)oc2cccc(O)c12. The van der Waals surface area contributed by atoms with Crippen LogP contribution >= 0.6 is 0 Å². The summed E-state index contributed by atoms with van der Waals surface area (Å²) < 4.78 is 10.5. The van der Waals surface area contributed by atoms with Crippen LogP contribution in [0.25, 0.3) is 11.0 Å². The van der Waals surface area contributed by atoms with Crippen molar-refractivity contribution in [1.82, 2.24) is 5.43 Å². The average Bonchev–Trinajstić information content (AvgIpc) is 3.08. The molecule has 21 heavy (non-hydrogen) atoms. The molecule has 0 fully saturated rings. The van der Waals surface area contributed by atoms with Gasteiger partial charge in [-0.2, -0.15) is 5.10 Å². The molecule has 1 aromatic carbocycles. The maximum Gasteiger partial charge on any atom is 0.307 e. The molecule has 2 N–H and O–H groups in total. The van der Waals surface area contributed by atoms with Crippen LogP contribution in [-0.2, 0) is 0 Å². The summed E-state index contributed by atoms with van der Waals surface area (Å²) in [5.41, 5.74) is 3.37. The minimum absolute atomic E-state index is 0.0758. The summed E-state index contributed by atoms with van der Waals surface area (Å²) in [7, 11) is 0. The van der Waals surface area contributed by atoms with Crippen molar-refractivity contribution in [1.29, 1.82) is 0 Å². The van der Waals surface area contributed by atoms with Gasteiger partial charge in [0.1, 0.15) is 17.1 Å². The van der Waals surface area contributed by atoms with Crippen LogP contribution in [0.2, 0.25) is 0 Å². The Kier molecular flexibility index (Phi) is 3.19. The van der Waals surface area contributed by atoms with E-state index in [-0.39, 0.29) is 11.5 Å². The Bertz CT molecular complexity index is 816. The van der Waals surface area contributed by atoms with E-state index in [0.29, 0.717) is 22.3 Å². The number of furan rings is 2. The first kappa shape index (κ1) is 13.0. The van der Waals surface area contributed by atoms with Crippen molar-refractivity contribution in [3.8, 4) is 5.75 Å². The largest absolute Gasteiger partial charge is 0.507 e. The van der Waals surface area contributed by atoms with Crippen molar-refractivity contribution in [2.75, 3.05) is 0 Å². The molecule has 3 rings (SSSR count). The molecule has 3 aromatic rings. The summed E-state index contributed by atoms with van der Waals surface area (Å²) in [4.78, 5) is 12.0. The number of hydrazone groups is 1. The first-order chi connectivity index (χ1) is 10.2. The number of nitrogens with zero attached hydrogens (tertiary/aromatic N) is 1. The summed E-state index contributed by atoms with van der Waals surface area (Å²) in [6.45, 7) is 1.71. The Morgan fingerprint density at radius 1 is 1.33 bits per heavy atom. The number of carbonyl (C=O) groups is 1. The molecule has 2 heterocycles. The highest BCUT2D eigenvalue weighted by molar-refractivity contribution is 6.00. The standard InChI is InChI=1S/C15H12N2O4/c1-9-13-11(18)5-2-6-12(13)21-14(9)15(19)17-16-8-10-4-3-7-20-10/h2-8,18H,1H3,(H,17,19). The fourth-order valence-corrected chi connectivity index (χ4v) is 2.07. The highest BCUT2D eigenvalue weighted by atomic mass is 16.4. The quantitative estimate of drug-likeness (QED) is 0.571. The normalized spacial score (nSPS) is 11.3. The van der Waals surface area contributed by atoms with Gasteiger partial charge in [-0.25, -0.2) is 5.43 Å². The molecule has 0 radical (unpaired) electrons. The third-order valence-corrected chi connectivity index (χ3v) is 3.04. The van der Waals surface area contributed by atoms with E-state index in [1.807, 2.05) is 0 Å². The Morgan fingerprint density at radius 3 is 2.90 bits per heavy atom. The van der Waals surface area contributed by atoms with E-state index in [2.05, 4.69) is 10.5 Å². The Labute approximate surface area is 119 Å². The van der Waals surface area contributed by atoms with Crippen LogP contribution in [0.5, 0.6) is 5.75 Å². The molecule has 0 unspecified atom stereocenters. The fraction of sp³-hybridized carbons (Fsp3) is 0.0667. The second-order valence-corrected chi connectivity index (χ2v) is 4.42. The number of fused-ring (bicyclic) bond motifs is 1. The van der Waals surface area contributed by atoms with Gasteiger partial charge < -0.3 is 13.9 Å². The molecule has 0 atom stereocenters. The van der Waals surface area contributed by atoms with Crippen molar-refractivity contribution < 1.29 is 18.7 Å². The highest BCUT2D eigenvalue weighted by Gasteiger charge is 2.19. The van der Waals surface area contributed by atoms with Gasteiger partial charge in [-0.3, -0.25) is 4.79 Å². The van der Waals surface area contributed by atoms with Crippen molar-refractivity contribution in [2.24, 2.45) is 5.10 Å². The van der Waals surface area contributed by atoms with E-state index in [4.69, 9.17) is 8.83 Å². The number of phenolic OH excluding ortho intramolecular Hbond substituents is 1. The molecule has 0 spiro atoms. The summed E-state index contributed by atoms with van der Waals surface area (Å²) >= 11 is 0. The zero-order valence-corrected chi connectivity index (χ0v) is 11.2. The van der Waals surface area contributed by atoms with Gasteiger partial charge in [0.05, 0.1) is 17.9 Å². The van der Waals surface area contributed by atoms with Crippen LogP contribution in [-0.4, -0.2) is 17.2 Å². The number of aromatic hydroxyl groups is 1. The van der Waals surface area contributed by atoms with Gasteiger partial charge in [0, 0.05) is 5.56 Å². The summed E-state index contributed by atoms with van der Waals surface area (Å²) in [5, 5.41) is 14.1. The fourth-order valence-electron chi connectivity index (χ4n) is 2.07. The number of phenols is 1. The molecule has 0 saturated carbocycles. The van der Waals surface area contributed by atoms with Crippen LogP contribution in [0, 0.1) is 6.92 Å². The first-order valence-electron chi connectivity index (χ1n) is 6.25. The molecule has 6 nitrogen and oxygen atoms in total. The van der Waals surface area contributed by atoms with Crippen molar-refractivity contribution in [3.05, 3.63) is 53.7 Å². The second kappa shape index (κ2) is 5.16. The minimum atomic E-state index is -0.495. The van der Waals surface area contributed by atoms with Gasteiger partial charge in [-0.1, -0.05) is 6.07 Å². The molecule has 2 aromatic heterocycles. The predicted molar refractivity (Wildman–Crippen MR) is 76.4 cm³/mol. The number of benzene rings is 1. The van der Waals surface area contributed by atoms with Gasteiger partial charge >= 0.3 is 5.91 Å². The first-order valence-corrected chi connectivity index (χ1v) is 6.25. The number of hydrogen-bond acceptors (Lipinski definition) is 5. The lowest BCUT2D eigenvalue weighted by atomic mass is 10.1. The molecule has 0 saturated heterocycles. The molecule has 0 aliphatic carbocycles. The van der Waals surface area contributed by atoms with Gasteiger partial charge in [0.25, 0.3) is 0 Å². The number of carbonyl (C=O) groups excluding carboxylic acids is 1. The molecule has 6 heteroatoms. The van der Waals surface area contributed by atoms with E-state index in [9.17, 15) is 9.90 Å². The minimum Gasteiger partial charge on any atom is -0.507 e. The molecule has 0 aliphatic heterocycles. The summed E-state index contributed by atoms with van der Waals surface area (Å²) in [6.07, 6.45) is 2.89. The van der Waals surface area contributed by atoms with Crippen molar-refractivity contribution in [3.63, 3.8) is 0 Å². The zero-order valence-electron chi connectivity index (χ0n) is 11.2. The molecule has 0 aliphatic rings. The smallest absolute Gasteiger partial charge is 0.307 e. The van der Waals surface area contributed by atoms with Crippen molar-refractivity contribution in [2.45, 2.75) is 6.92 Å². The number of nitrogens with one attached hydrogen (secondary N) is 1. The lowest BCUT2D eigenvalue weighted by Crippen LogP contribution is -2.17.